The van der Waals surface area contributed by atoms with Gasteiger partial charge in [-0.05, 0) is 77.6 Å². The minimum absolute atomic E-state index is 0.724. The summed E-state index contributed by atoms with van der Waals surface area (Å²) in [4.78, 5) is 0. The number of rotatable bonds is 4. The molecule has 0 aliphatic rings. The van der Waals surface area contributed by atoms with Crippen molar-refractivity contribution >= 4 is 69.4 Å². The van der Waals surface area contributed by atoms with Gasteiger partial charge < -0.3 is 10.1 Å². The second-order valence-corrected chi connectivity index (χ2v) is 7.55. The summed E-state index contributed by atoms with van der Waals surface area (Å²) < 4.78 is 9.21. The van der Waals surface area contributed by atoms with Crippen LogP contribution in [0.15, 0.2) is 48.2 Å². The number of anilines is 1. The van der Waals surface area contributed by atoms with E-state index in [1.165, 1.54) is 5.56 Å². The van der Waals surface area contributed by atoms with Gasteiger partial charge in [-0.15, -0.1) is 0 Å². The molecule has 1 N–H and O–H groups in total. The van der Waals surface area contributed by atoms with E-state index in [4.69, 9.17) is 4.74 Å². The van der Waals surface area contributed by atoms with Gasteiger partial charge in [0.15, 0.2) is 0 Å². The predicted molar refractivity (Wildman–Crippen MR) is 97.6 cm³/mol. The lowest BCUT2D eigenvalue weighted by Crippen LogP contribution is -2.01. The summed E-state index contributed by atoms with van der Waals surface area (Å²) in [5.74, 6) is 0.833. The second kappa shape index (κ2) is 7.29. The first-order valence-corrected chi connectivity index (χ1v) is 8.89. The van der Waals surface area contributed by atoms with Gasteiger partial charge in [-0.2, -0.15) is 0 Å². The van der Waals surface area contributed by atoms with Crippen LogP contribution in [0.2, 0.25) is 0 Å². The summed E-state index contributed by atoms with van der Waals surface area (Å²) in [7, 11) is 1.66. The fraction of sp³-hybridized carbons (Fsp3) is 0.143. The molecule has 0 bridgehead atoms. The highest BCUT2D eigenvalue weighted by molar-refractivity contribution is 9.11. The van der Waals surface area contributed by atoms with Crippen LogP contribution in [0, 0.1) is 0 Å². The van der Waals surface area contributed by atoms with E-state index in [2.05, 4.69) is 69.0 Å². The molecule has 0 aliphatic carbocycles. The molecule has 106 valence electrons. The molecular weight excluding hydrogens is 518 g/mol. The molecule has 20 heavy (non-hydrogen) atoms. The van der Waals surface area contributed by atoms with Crippen molar-refractivity contribution in [3.05, 3.63) is 53.8 Å². The quantitative estimate of drug-likeness (QED) is 0.499. The summed E-state index contributed by atoms with van der Waals surface area (Å²) in [6.45, 7) is 0.724. The van der Waals surface area contributed by atoms with Gasteiger partial charge in [0.05, 0.1) is 17.3 Å². The number of hydrogen-bond donors (Lipinski definition) is 1. The van der Waals surface area contributed by atoms with Crippen LogP contribution in [0.5, 0.6) is 5.75 Å². The van der Waals surface area contributed by atoms with Crippen LogP contribution >= 0.6 is 63.7 Å². The Morgan fingerprint density at radius 3 is 2.15 bits per heavy atom. The maximum Gasteiger partial charge on any atom is 0.133 e. The zero-order chi connectivity index (χ0) is 14.7. The Morgan fingerprint density at radius 1 is 0.950 bits per heavy atom. The Balaban J connectivity index is 2.15. The zero-order valence-electron chi connectivity index (χ0n) is 10.5. The van der Waals surface area contributed by atoms with Crippen LogP contribution in [0.3, 0.4) is 0 Å². The molecule has 0 aromatic heterocycles. The van der Waals surface area contributed by atoms with E-state index < -0.39 is 0 Å². The molecule has 6 heteroatoms. The highest BCUT2D eigenvalue weighted by atomic mass is 79.9. The number of methoxy groups -OCH3 is 1. The lowest BCUT2D eigenvalue weighted by molar-refractivity contribution is 0.412. The molecule has 0 saturated heterocycles. The van der Waals surface area contributed by atoms with E-state index in [0.29, 0.717) is 0 Å². The molecule has 0 aliphatic heterocycles. The van der Waals surface area contributed by atoms with E-state index in [-0.39, 0.29) is 0 Å². The van der Waals surface area contributed by atoms with Crippen LogP contribution in [0.4, 0.5) is 5.69 Å². The van der Waals surface area contributed by atoms with Crippen LogP contribution in [0.25, 0.3) is 0 Å². The fourth-order valence-corrected chi connectivity index (χ4v) is 4.85. The van der Waals surface area contributed by atoms with Gasteiger partial charge in [0.25, 0.3) is 0 Å². The zero-order valence-corrected chi connectivity index (χ0v) is 16.9. The Hall–Kier alpha value is -0.0400. The molecule has 0 heterocycles. The Labute approximate surface area is 151 Å². The van der Waals surface area contributed by atoms with Crippen molar-refractivity contribution in [2.24, 2.45) is 0 Å². The van der Waals surface area contributed by atoms with Crippen LogP contribution in [-0.4, -0.2) is 7.11 Å². The molecule has 2 rings (SSSR count). The van der Waals surface area contributed by atoms with Gasteiger partial charge in [-0.1, -0.05) is 22.0 Å². The summed E-state index contributed by atoms with van der Waals surface area (Å²) in [5, 5.41) is 3.41. The number of nitrogens with one attached hydrogen (secondary N) is 1. The van der Waals surface area contributed by atoms with Crippen molar-refractivity contribution in [1.29, 1.82) is 0 Å². The fourth-order valence-electron chi connectivity index (χ4n) is 1.72. The average molecular weight is 529 g/mol. The highest BCUT2D eigenvalue weighted by Crippen LogP contribution is 2.35. The molecule has 0 amide bonds. The largest absolute Gasteiger partial charge is 0.496 e. The second-order valence-electron chi connectivity index (χ2n) is 4.07. The Kier molecular flexibility index (Phi) is 5.95. The van der Waals surface area contributed by atoms with Gasteiger partial charge >= 0.3 is 0 Å². The average Bonchev–Trinajstić information content (AvgIpc) is 2.37. The first-order chi connectivity index (χ1) is 9.51. The van der Waals surface area contributed by atoms with Crippen molar-refractivity contribution in [3.63, 3.8) is 0 Å². The Bertz CT molecular complexity index is 608. The number of halogens is 4. The normalized spacial score (nSPS) is 10.4. The minimum atomic E-state index is 0.724. The number of benzene rings is 2. The third-order valence-corrected chi connectivity index (χ3v) is 5.02. The topological polar surface area (TPSA) is 21.3 Å². The van der Waals surface area contributed by atoms with Gasteiger partial charge in [0, 0.05) is 20.0 Å². The SMILES string of the molecule is COc1ccc(CNc2c(Br)cc(Br)cc2Br)cc1Br. The third-order valence-electron chi connectivity index (χ3n) is 2.69. The molecule has 2 aromatic carbocycles. The molecule has 2 aromatic rings. The molecule has 0 atom stereocenters. The molecule has 2 nitrogen and oxygen atoms in total. The molecule has 0 saturated carbocycles. The van der Waals surface area contributed by atoms with E-state index in [9.17, 15) is 0 Å². The lowest BCUT2D eigenvalue weighted by Gasteiger charge is -2.12. The molecule has 0 unspecified atom stereocenters. The summed E-state index contributed by atoms with van der Waals surface area (Å²) in [5.41, 5.74) is 2.19. The Morgan fingerprint density at radius 2 is 1.60 bits per heavy atom. The van der Waals surface area contributed by atoms with E-state index in [0.717, 1.165) is 35.9 Å². The minimum Gasteiger partial charge on any atom is -0.496 e. The smallest absolute Gasteiger partial charge is 0.133 e. The van der Waals surface area contributed by atoms with Crippen molar-refractivity contribution in [2.45, 2.75) is 6.54 Å². The van der Waals surface area contributed by atoms with E-state index in [1.54, 1.807) is 7.11 Å². The van der Waals surface area contributed by atoms with Gasteiger partial charge in [0.1, 0.15) is 5.75 Å². The summed E-state index contributed by atoms with van der Waals surface area (Å²) >= 11 is 14.1. The van der Waals surface area contributed by atoms with Crippen LogP contribution in [0.1, 0.15) is 5.56 Å². The van der Waals surface area contributed by atoms with Gasteiger partial charge in [-0.3, -0.25) is 0 Å². The highest BCUT2D eigenvalue weighted by Gasteiger charge is 2.07. The standard InChI is InChI=1S/C14H11Br4NO/c1-20-13-3-2-8(4-10(13)16)7-19-14-11(17)5-9(15)6-12(14)18/h2-6,19H,7H2,1H3. The summed E-state index contributed by atoms with van der Waals surface area (Å²) in [6.07, 6.45) is 0. The van der Waals surface area contributed by atoms with Crippen LogP contribution in [-0.2, 0) is 6.54 Å². The van der Waals surface area contributed by atoms with Crippen molar-refractivity contribution < 1.29 is 4.74 Å². The predicted octanol–water partition coefficient (Wildman–Crippen LogP) is 6.36. The lowest BCUT2D eigenvalue weighted by atomic mass is 10.2. The number of hydrogen-bond acceptors (Lipinski definition) is 2. The van der Waals surface area contributed by atoms with Gasteiger partial charge in [0.2, 0.25) is 0 Å². The first kappa shape index (κ1) is 16.3. The van der Waals surface area contributed by atoms with Crippen molar-refractivity contribution in [1.82, 2.24) is 0 Å². The molecule has 0 spiro atoms. The van der Waals surface area contributed by atoms with Gasteiger partial charge in [-0.25, -0.2) is 0 Å². The molecule has 0 fully saturated rings. The monoisotopic (exact) mass is 525 g/mol. The maximum atomic E-state index is 5.23. The molecular formula is C14H11Br4NO. The number of ether oxygens (including phenoxy) is 1. The first-order valence-electron chi connectivity index (χ1n) is 5.72. The van der Waals surface area contributed by atoms with Crippen molar-refractivity contribution in [2.75, 3.05) is 12.4 Å². The van der Waals surface area contributed by atoms with E-state index in [1.807, 2.05) is 30.3 Å². The third kappa shape index (κ3) is 4.00. The summed E-state index contributed by atoms with van der Waals surface area (Å²) in [6, 6.07) is 10.1. The van der Waals surface area contributed by atoms with E-state index >= 15 is 0 Å². The molecule has 0 radical (unpaired) electrons. The maximum absolute atomic E-state index is 5.23. The van der Waals surface area contributed by atoms with Crippen molar-refractivity contribution in [3.8, 4) is 5.75 Å². The van der Waals surface area contributed by atoms with Crippen LogP contribution < -0.4 is 10.1 Å².